The first-order valence-electron chi connectivity index (χ1n) is 1.35. The van der Waals surface area contributed by atoms with E-state index in [0.29, 0.717) is 0 Å². The van der Waals surface area contributed by atoms with Gasteiger partial charge in [-0.3, -0.25) is 9.11 Å². The molecule has 0 saturated heterocycles. The summed E-state index contributed by atoms with van der Waals surface area (Å²) in [6.07, 6.45) is -1.83. The van der Waals surface area contributed by atoms with Crippen LogP contribution < -0.4 is 0 Å². The number of rotatable bonds is 0. The molecule has 0 fully saturated rings. The Bertz CT molecular complexity index is 164. The molecule has 0 saturated carbocycles. The Hall–Kier alpha value is 0.711. The maximum Gasteiger partial charge on any atom is 2.00 e. The molecule has 0 aromatic rings. The van der Waals surface area contributed by atoms with Crippen molar-refractivity contribution in [2.75, 3.05) is 0 Å². The van der Waals surface area contributed by atoms with Crippen molar-refractivity contribution in [1.29, 1.82) is 0 Å². The van der Waals surface area contributed by atoms with E-state index in [1.165, 1.54) is 0 Å². The Morgan fingerprint density at radius 3 is 1.20 bits per heavy atom. The van der Waals surface area contributed by atoms with Crippen molar-refractivity contribution in [3.63, 3.8) is 0 Å². The molecule has 10 heavy (non-hydrogen) atoms. The molecule has 0 spiro atoms. The van der Waals surface area contributed by atoms with Crippen LogP contribution in [0.3, 0.4) is 0 Å². The first-order chi connectivity index (χ1) is 3.73. The van der Waals surface area contributed by atoms with Gasteiger partial charge in [-0.1, -0.05) is 0 Å². The summed E-state index contributed by atoms with van der Waals surface area (Å²) in [6, 6.07) is 0. The zero-order valence-corrected chi connectivity index (χ0v) is 9.89. The fourth-order valence-electron chi connectivity index (χ4n) is 0. The second-order valence-electron chi connectivity index (χ2n) is 0.730. The predicted octanol–water partition coefficient (Wildman–Crippen LogP) is -0.586. The van der Waals surface area contributed by atoms with Gasteiger partial charge in [0.2, 0.25) is 0 Å². The molecule has 0 heterocycles. The van der Waals surface area contributed by atoms with Crippen molar-refractivity contribution in [3.8, 4) is 0 Å². The zero-order chi connectivity index (χ0) is 8.08. The summed E-state index contributed by atoms with van der Waals surface area (Å²) in [6.45, 7) is 0. The molecular formula is CH6BaO7S. The monoisotopic (exact) mass is 300 g/mol. The molecule has 0 aromatic carbocycles. The summed E-state index contributed by atoms with van der Waals surface area (Å²) >= 11 is 0. The van der Waals surface area contributed by atoms with Gasteiger partial charge in [0.1, 0.15) is 0 Å². The molecule has 0 aromatic heterocycles. The molecule has 0 rings (SSSR count). The van der Waals surface area contributed by atoms with E-state index in [-0.39, 0.29) is 51.7 Å². The molecule has 9 heteroatoms. The molecule has 7 nitrogen and oxygen atoms in total. The third-order valence-electron chi connectivity index (χ3n) is 0. The van der Waals surface area contributed by atoms with Gasteiger partial charge >= 0.3 is 65.4 Å². The smallest absolute Gasteiger partial charge is 1.00 e. The number of hydrogen-bond acceptors (Lipinski definition) is 3. The average Bonchev–Trinajstić information content (AvgIpc) is 1.19. The van der Waals surface area contributed by atoms with Crippen molar-refractivity contribution in [2.45, 2.75) is 0 Å². The Labute approximate surface area is 99.7 Å². The van der Waals surface area contributed by atoms with E-state index in [1.54, 1.807) is 0 Å². The van der Waals surface area contributed by atoms with Gasteiger partial charge in [0.25, 0.3) is 0 Å². The summed E-state index contributed by atoms with van der Waals surface area (Å²) in [5.74, 6) is 0. The Morgan fingerprint density at radius 2 is 1.20 bits per heavy atom. The molecule has 0 atom stereocenters. The van der Waals surface area contributed by atoms with Crippen LogP contribution in [0.1, 0.15) is 2.85 Å². The van der Waals surface area contributed by atoms with Crippen LogP contribution in [0, 0.1) is 0 Å². The largest absolute Gasteiger partial charge is 2.00 e. The minimum absolute atomic E-state index is 0. The molecule has 0 aliphatic heterocycles. The van der Waals surface area contributed by atoms with Gasteiger partial charge in [-0.25, -0.2) is 4.79 Å². The molecule has 0 unspecified atom stereocenters. The zero-order valence-electron chi connectivity index (χ0n) is 6.63. The van der Waals surface area contributed by atoms with E-state index in [1.807, 2.05) is 0 Å². The van der Waals surface area contributed by atoms with Gasteiger partial charge in [0.05, 0.1) is 0 Å². The van der Waals surface area contributed by atoms with E-state index >= 15 is 0 Å². The maximum atomic E-state index is 8.74. The predicted molar refractivity (Wildman–Crippen MR) is 32.8 cm³/mol. The van der Waals surface area contributed by atoms with Gasteiger partial charge in [-0.15, -0.1) is 0 Å². The maximum absolute atomic E-state index is 8.74. The molecule has 0 bridgehead atoms. The molecule has 0 aliphatic carbocycles. The molecule has 0 amide bonds. The standard InChI is InChI=1S/CH2O3.Ba.H2O4S.2H/c2-1(3)4;;1-5(2,3)4;;/h(H2,2,3,4);;(H2,1,2,3,4);;/q;+2;;2*-1. The van der Waals surface area contributed by atoms with E-state index in [9.17, 15) is 0 Å². The number of carboxylic acid groups (broad SMARTS) is 2. The summed E-state index contributed by atoms with van der Waals surface area (Å²) in [5.41, 5.74) is 0. The van der Waals surface area contributed by atoms with Crippen LogP contribution in [-0.2, 0) is 10.4 Å². The van der Waals surface area contributed by atoms with Crippen LogP contribution in [0.15, 0.2) is 0 Å². The van der Waals surface area contributed by atoms with Crippen LogP contribution >= 0.6 is 0 Å². The van der Waals surface area contributed by atoms with E-state index in [0.717, 1.165) is 0 Å². The van der Waals surface area contributed by atoms with Crippen LogP contribution in [0.25, 0.3) is 0 Å². The summed E-state index contributed by atoms with van der Waals surface area (Å²) in [4.78, 5) is 8.56. The van der Waals surface area contributed by atoms with Crippen molar-refractivity contribution in [2.24, 2.45) is 0 Å². The second kappa shape index (κ2) is 7.81. The first kappa shape index (κ1) is 17.0. The van der Waals surface area contributed by atoms with Gasteiger partial charge < -0.3 is 13.1 Å². The molecule has 0 aliphatic rings. The van der Waals surface area contributed by atoms with Crippen molar-refractivity contribution in [3.05, 3.63) is 0 Å². The van der Waals surface area contributed by atoms with Crippen molar-refractivity contribution < 1.29 is 35.4 Å². The molecular weight excluding hydrogens is 293 g/mol. The molecule has 60 valence electrons. The van der Waals surface area contributed by atoms with Crippen LogP contribution in [-0.4, -0.2) is 82.8 Å². The SMILES string of the molecule is O=C(O)O.O=S(=O)(O)O.[Ba+2].[H-].[H-]. The van der Waals surface area contributed by atoms with Crippen LogP contribution in [0.5, 0.6) is 0 Å². The van der Waals surface area contributed by atoms with E-state index in [4.69, 9.17) is 32.5 Å². The summed E-state index contributed by atoms with van der Waals surface area (Å²) < 4.78 is 31.6. The minimum Gasteiger partial charge on any atom is -1.00 e. The topological polar surface area (TPSA) is 132 Å². The second-order valence-corrected chi connectivity index (χ2v) is 1.63. The number of hydrogen-bond donors (Lipinski definition) is 4. The normalized spacial score (nSPS) is 8.20. The minimum atomic E-state index is -4.67. The first-order valence-corrected chi connectivity index (χ1v) is 2.75. The van der Waals surface area contributed by atoms with Gasteiger partial charge in [-0.05, 0) is 0 Å². The summed E-state index contributed by atoms with van der Waals surface area (Å²) in [5, 5.41) is 13.9. The van der Waals surface area contributed by atoms with Crippen molar-refractivity contribution in [1.82, 2.24) is 0 Å². The quantitative estimate of drug-likeness (QED) is 0.347. The van der Waals surface area contributed by atoms with Crippen LogP contribution in [0.2, 0.25) is 0 Å². The van der Waals surface area contributed by atoms with Gasteiger partial charge in [0.15, 0.2) is 0 Å². The third-order valence-corrected chi connectivity index (χ3v) is 0. The average molecular weight is 299 g/mol. The van der Waals surface area contributed by atoms with E-state index in [2.05, 4.69) is 0 Å². The van der Waals surface area contributed by atoms with Gasteiger partial charge in [-0.2, -0.15) is 8.42 Å². The third kappa shape index (κ3) is 1020. The fourth-order valence-corrected chi connectivity index (χ4v) is 0. The van der Waals surface area contributed by atoms with Gasteiger partial charge in [0, 0.05) is 0 Å². The Kier molecular flexibility index (Phi) is 13.3. The Morgan fingerprint density at radius 1 is 1.20 bits per heavy atom. The van der Waals surface area contributed by atoms with E-state index < -0.39 is 16.6 Å². The molecule has 0 radical (unpaired) electrons. The molecule has 4 N–H and O–H groups in total. The van der Waals surface area contributed by atoms with Crippen LogP contribution in [0.4, 0.5) is 4.79 Å². The Balaban J connectivity index is -0.0000000221. The van der Waals surface area contributed by atoms with Crippen molar-refractivity contribution >= 4 is 65.4 Å². The number of carbonyl (C=O) groups is 1. The summed E-state index contributed by atoms with van der Waals surface area (Å²) in [7, 11) is -4.67. The fraction of sp³-hybridized carbons (Fsp3) is 0.